The standard InChI is InChI=1S/C12H17N3O2/c16-11(3-5-14-6-4-13-9-14)15-7-12(17,8-15)10-1-2-10/h4,6,9-10,17H,1-3,5,7-8H2. The molecule has 2 fully saturated rings. The number of aliphatic hydroxyl groups is 1. The summed E-state index contributed by atoms with van der Waals surface area (Å²) in [4.78, 5) is 17.5. The predicted molar refractivity (Wildman–Crippen MR) is 61.1 cm³/mol. The smallest absolute Gasteiger partial charge is 0.224 e. The van der Waals surface area contributed by atoms with Gasteiger partial charge in [-0.3, -0.25) is 4.79 Å². The highest BCUT2D eigenvalue weighted by atomic mass is 16.3. The molecular weight excluding hydrogens is 218 g/mol. The molecule has 17 heavy (non-hydrogen) atoms. The van der Waals surface area contributed by atoms with Gasteiger partial charge < -0.3 is 14.6 Å². The van der Waals surface area contributed by atoms with Gasteiger partial charge in [-0.1, -0.05) is 0 Å². The molecule has 0 radical (unpaired) electrons. The van der Waals surface area contributed by atoms with Crippen LogP contribution in [0.1, 0.15) is 19.3 Å². The maximum atomic E-state index is 11.8. The van der Waals surface area contributed by atoms with Crippen molar-refractivity contribution in [3.05, 3.63) is 18.7 Å². The SMILES string of the molecule is O=C(CCn1ccnc1)N1CC(O)(C2CC2)C1. The number of β-amino-alcohol motifs (C(OH)–C–C–N with tert-alkyl or cyclic N) is 1. The summed E-state index contributed by atoms with van der Waals surface area (Å²) < 4.78 is 1.89. The van der Waals surface area contributed by atoms with Crippen LogP contribution in [0.3, 0.4) is 0 Å². The Morgan fingerprint density at radius 2 is 2.24 bits per heavy atom. The number of rotatable bonds is 4. The van der Waals surface area contributed by atoms with Crippen molar-refractivity contribution in [2.45, 2.75) is 31.4 Å². The number of imidazole rings is 1. The number of hydrogen-bond acceptors (Lipinski definition) is 3. The first-order chi connectivity index (χ1) is 8.17. The highest BCUT2D eigenvalue weighted by molar-refractivity contribution is 5.77. The fourth-order valence-electron chi connectivity index (χ4n) is 2.47. The zero-order valence-electron chi connectivity index (χ0n) is 9.75. The van der Waals surface area contributed by atoms with Crippen LogP contribution in [0.2, 0.25) is 0 Å². The summed E-state index contributed by atoms with van der Waals surface area (Å²) in [7, 11) is 0. The van der Waals surface area contributed by atoms with E-state index in [0.29, 0.717) is 32.0 Å². The Morgan fingerprint density at radius 1 is 1.47 bits per heavy atom. The minimum absolute atomic E-state index is 0.129. The largest absolute Gasteiger partial charge is 0.386 e. The van der Waals surface area contributed by atoms with Crippen molar-refractivity contribution in [2.24, 2.45) is 5.92 Å². The van der Waals surface area contributed by atoms with E-state index in [-0.39, 0.29) is 5.91 Å². The van der Waals surface area contributed by atoms with Crippen molar-refractivity contribution in [1.82, 2.24) is 14.5 Å². The summed E-state index contributed by atoms with van der Waals surface area (Å²) in [5.41, 5.74) is -0.565. The monoisotopic (exact) mass is 235 g/mol. The summed E-state index contributed by atoms with van der Waals surface area (Å²) in [6, 6.07) is 0. The van der Waals surface area contributed by atoms with Gasteiger partial charge in [-0.05, 0) is 18.8 Å². The Morgan fingerprint density at radius 3 is 2.82 bits per heavy atom. The second kappa shape index (κ2) is 3.84. The first-order valence-corrected chi connectivity index (χ1v) is 6.13. The first kappa shape index (κ1) is 10.8. The van der Waals surface area contributed by atoms with E-state index in [1.807, 2.05) is 10.8 Å². The lowest BCUT2D eigenvalue weighted by Crippen LogP contribution is -2.64. The summed E-state index contributed by atoms with van der Waals surface area (Å²) in [5, 5.41) is 10.1. The molecule has 0 spiro atoms. The van der Waals surface area contributed by atoms with Crippen molar-refractivity contribution in [2.75, 3.05) is 13.1 Å². The average Bonchev–Trinajstić information content (AvgIpc) is 3.00. The molecule has 92 valence electrons. The molecule has 1 aliphatic carbocycles. The van der Waals surface area contributed by atoms with Gasteiger partial charge >= 0.3 is 0 Å². The van der Waals surface area contributed by atoms with Gasteiger partial charge in [-0.15, -0.1) is 0 Å². The summed E-state index contributed by atoms with van der Waals surface area (Å²) in [6.45, 7) is 1.72. The van der Waals surface area contributed by atoms with E-state index in [0.717, 1.165) is 12.8 Å². The minimum atomic E-state index is -0.565. The third-order valence-corrected chi connectivity index (χ3v) is 3.76. The second-order valence-corrected chi connectivity index (χ2v) is 5.18. The summed E-state index contributed by atoms with van der Waals surface area (Å²) >= 11 is 0. The van der Waals surface area contributed by atoms with Gasteiger partial charge in [0.2, 0.25) is 5.91 Å². The van der Waals surface area contributed by atoms with Gasteiger partial charge in [0.1, 0.15) is 5.60 Å². The van der Waals surface area contributed by atoms with Crippen molar-refractivity contribution < 1.29 is 9.90 Å². The number of amides is 1. The van der Waals surface area contributed by atoms with Crippen molar-refractivity contribution >= 4 is 5.91 Å². The molecule has 2 aliphatic rings. The van der Waals surface area contributed by atoms with Crippen LogP contribution < -0.4 is 0 Å². The number of nitrogens with zero attached hydrogens (tertiary/aromatic N) is 3. The van der Waals surface area contributed by atoms with Crippen LogP contribution in [0.15, 0.2) is 18.7 Å². The van der Waals surface area contributed by atoms with E-state index < -0.39 is 5.60 Å². The summed E-state index contributed by atoms with van der Waals surface area (Å²) in [5.74, 6) is 0.573. The number of carbonyl (C=O) groups excluding carboxylic acids is 1. The lowest BCUT2D eigenvalue weighted by atomic mass is 9.88. The molecule has 1 N–H and O–H groups in total. The molecule has 1 saturated heterocycles. The normalized spacial score (nSPS) is 22.3. The number of aromatic nitrogens is 2. The topological polar surface area (TPSA) is 58.4 Å². The number of likely N-dealkylation sites (tertiary alicyclic amines) is 1. The quantitative estimate of drug-likeness (QED) is 0.814. The predicted octanol–water partition coefficient (Wildman–Crippen LogP) is 0.256. The Hall–Kier alpha value is -1.36. The molecule has 1 aromatic heterocycles. The van der Waals surface area contributed by atoms with E-state index >= 15 is 0 Å². The van der Waals surface area contributed by atoms with E-state index in [1.54, 1.807) is 17.4 Å². The molecule has 0 atom stereocenters. The van der Waals surface area contributed by atoms with Gasteiger partial charge in [0.15, 0.2) is 0 Å². The van der Waals surface area contributed by atoms with Crippen LogP contribution in [0.5, 0.6) is 0 Å². The van der Waals surface area contributed by atoms with Crippen LogP contribution >= 0.6 is 0 Å². The zero-order chi connectivity index (χ0) is 11.9. The van der Waals surface area contributed by atoms with Gasteiger partial charge in [0.05, 0.1) is 19.4 Å². The maximum absolute atomic E-state index is 11.8. The molecule has 0 aromatic carbocycles. The van der Waals surface area contributed by atoms with Crippen LogP contribution in [-0.4, -0.2) is 44.2 Å². The molecule has 0 bridgehead atoms. The molecule has 1 amide bonds. The zero-order valence-corrected chi connectivity index (χ0v) is 9.75. The highest BCUT2D eigenvalue weighted by Gasteiger charge is 2.52. The maximum Gasteiger partial charge on any atom is 0.224 e. The van der Waals surface area contributed by atoms with Gasteiger partial charge in [0.25, 0.3) is 0 Å². The van der Waals surface area contributed by atoms with Crippen LogP contribution in [0, 0.1) is 5.92 Å². The highest BCUT2D eigenvalue weighted by Crippen LogP contribution is 2.44. The fraction of sp³-hybridized carbons (Fsp3) is 0.667. The Balaban J connectivity index is 1.45. The van der Waals surface area contributed by atoms with Gasteiger partial charge in [-0.25, -0.2) is 4.98 Å². The molecule has 1 saturated carbocycles. The molecule has 1 aliphatic heterocycles. The number of aryl methyl sites for hydroxylation is 1. The third kappa shape index (κ3) is 2.07. The van der Waals surface area contributed by atoms with Crippen LogP contribution in [0.25, 0.3) is 0 Å². The van der Waals surface area contributed by atoms with Crippen molar-refractivity contribution in [1.29, 1.82) is 0 Å². The van der Waals surface area contributed by atoms with E-state index in [2.05, 4.69) is 4.98 Å². The number of carbonyl (C=O) groups is 1. The second-order valence-electron chi connectivity index (χ2n) is 5.18. The van der Waals surface area contributed by atoms with E-state index in [4.69, 9.17) is 0 Å². The van der Waals surface area contributed by atoms with Crippen molar-refractivity contribution in [3.8, 4) is 0 Å². The van der Waals surface area contributed by atoms with Gasteiger partial charge in [-0.2, -0.15) is 0 Å². The fourth-order valence-corrected chi connectivity index (χ4v) is 2.47. The first-order valence-electron chi connectivity index (χ1n) is 6.13. The van der Waals surface area contributed by atoms with Crippen LogP contribution in [0.4, 0.5) is 0 Å². The molecule has 1 aromatic rings. The molecule has 5 heteroatoms. The molecular formula is C12H17N3O2. The van der Waals surface area contributed by atoms with Crippen molar-refractivity contribution in [3.63, 3.8) is 0 Å². The lowest BCUT2D eigenvalue weighted by Gasteiger charge is -2.47. The van der Waals surface area contributed by atoms with E-state index in [1.165, 1.54) is 0 Å². The third-order valence-electron chi connectivity index (χ3n) is 3.76. The van der Waals surface area contributed by atoms with Crippen LogP contribution in [-0.2, 0) is 11.3 Å². The summed E-state index contributed by atoms with van der Waals surface area (Å²) in [6.07, 6.45) is 7.99. The Labute approximate surface area is 100 Å². The lowest BCUT2D eigenvalue weighted by molar-refractivity contribution is -0.159. The average molecular weight is 235 g/mol. The molecule has 3 rings (SSSR count). The van der Waals surface area contributed by atoms with E-state index in [9.17, 15) is 9.90 Å². The Kier molecular flexibility index (Phi) is 2.43. The molecule has 0 unspecified atom stereocenters. The molecule has 2 heterocycles. The van der Waals surface area contributed by atoms with Gasteiger partial charge in [0, 0.05) is 25.4 Å². The Bertz CT molecular complexity index is 405. The molecule has 5 nitrogen and oxygen atoms in total. The number of hydrogen-bond donors (Lipinski definition) is 1. The minimum Gasteiger partial charge on any atom is -0.386 e.